The van der Waals surface area contributed by atoms with E-state index in [4.69, 9.17) is 4.42 Å². The van der Waals surface area contributed by atoms with Gasteiger partial charge in [0.25, 0.3) is 0 Å². The molecule has 0 amide bonds. The van der Waals surface area contributed by atoms with Crippen LogP contribution in [-0.4, -0.2) is 0 Å². The van der Waals surface area contributed by atoms with E-state index in [2.05, 4.69) is 39.8 Å². The summed E-state index contributed by atoms with van der Waals surface area (Å²) in [5.74, 6) is 0.550. The van der Waals surface area contributed by atoms with Gasteiger partial charge in [0, 0.05) is 5.39 Å². The molecule has 0 N–H and O–H groups in total. The van der Waals surface area contributed by atoms with Crippen molar-refractivity contribution < 1.29 is 4.42 Å². The Morgan fingerprint density at radius 2 is 1.79 bits per heavy atom. The molecule has 0 aliphatic heterocycles. The summed E-state index contributed by atoms with van der Waals surface area (Å²) < 4.78 is 5.57. The minimum Gasteiger partial charge on any atom is -0.464 e. The van der Waals surface area contributed by atoms with Crippen LogP contribution in [0.4, 0.5) is 0 Å². The van der Waals surface area contributed by atoms with Crippen molar-refractivity contribution in [2.75, 3.05) is 0 Å². The van der Waals surface area contributed by atoms with Crippen LogP contribution in [0, 0.1) is 13.8 Å². The third-order valence-corrected chi connectivity index (χ3v) is 2.76. The molecule has 1 heterocycles. The Hall–Kier alpha value is -1.24. The predicted molar refractivity (Wildman–Crippen MR) is 59.8 cm³/mol. The van der Waals surface area contributed by atoms with Gasteiger partial charge in [-0.05, 0) is 36.5 Å². The van der Waals surface area contributed by atoms with Crippen molar-refractivity contribution in [3.8, 4) is 0 Å². The first kappa shape index (κ1) is 9.32. The lowest BCUT2D eigenvalue weighted by molar-refractivity contribution is 0.610. The number of benzene rings is 1. The zero-order valence-corrected chi connectivity index (χ0v) is 9.22. The van der Waals surface area contributed by atoms with Crippen molar-refractivity contribution in [1.82, 2.24) is 0 Å². The molecule has 14 heavy (non-hydrogen) atoms. The molecule has 0 spiro atoms. The van der Waals surface area contributed by atoms with E-state index in [1.54, 1.807) is 0 Å². The molecule has 2 aromatic rings. The van der Waals surface area contributed by atoms with E-state index in [1.807, 2.05) is 6.26 Å². The number of furan rings is 1. The van der Waals surface area contributed by atoms with Gasteiger partial charge in [0.05, 0.1) is 6.26 Å². The standard InChI is InChI=1S/C13H16O/c1-8(2)11-6-5-9(3)13-12(11)10(4)7-14-13/h5-8H,1-4H3. The SMILES string of the molecule is Cc1ccc(C(C)C)c2c(C)coc12. The maximum atomic E-state index is 5.57. The Kier molecular flexibility index (Phi) is 2.10. The largest absolute Gasteiger partial charge is 0.464 e. The first-order valence-electron chi connectivity index (χ1n) is 5.08. The Morgan fingerprint density at radius 3 is 2.43 bits per heavy atom. The van der Waals surface area contributed by atoms with Gasteiger partial charge < -0.3 is 4.42 Å². The molecule has 74 valence electrons. The summed E-state index contributed by atoms with van der Waals surface area (Å²) in [6.45, 7) is 8.64. The van der Waals surface area contributed by atoms with Crippen LogP contribution >= 0.6 is 0 Å². The van der Waals surface area contributed by atoms with E-state index in [9.17, 15) is 0 Å². The molecule has 1 heteroatoms. The van der Waals surface area contributed by atoms with Gasteiger partial charge in [0.15, 0.2) is 0 Å². The summed E-state index contributed by atoms with van der Waals surface area (Å²) in [7, 11) is 0. The minimum atomic E-state index is 0.550. The molecule has 0 radical (unpaired) electrons. The van der Waals surface area contributed by atoms with Crippen LogP contribution in [0.1, 0.15) is 36.5 Å². The second kappa shape index (κ2) is 3.16. The zero-order valence-electron chi connectivity index (χ0n) is 9.22. The number of rotatable bonds is 1. The van der Waals surface area contributed by atoms with Crippen LogP contribution in [0.2, 0.25) is 0 Å². The fourth-order valence-electron chi connectivity index (χ4n) is 1.95. The molecule has 1 nitrogen and oxygen atoms in total. The first-order valence-corrected chi connectivity index (χ1v) is 5.08. The average Bonchev–Trinajstić information content (AvgIpc) is 2.50. The zero-order chi connectivity index (χ0) is 10.3. The molecule has 2 rings (SSSR count). The predicted octanol–water partition coefficient (Wildman–Crippen LogP) is 4.17. The number of aryl methyl sites for hydroxylation is 2. The summed E-state index contributed by atoms with van der Waals surface area (Å²) in [4.78, 5) is 0. The Balaban J connectivity index is 2.85. The Bertz CT molecular complexity index is 463. The van der Waals surface area contributed by atoms with Crippen molar-refractivity contribution >= 4 is 11.0 Å². The van der Waals surface area contributed by atoms with Gasteiger partial charge in [-0.1, -0.05) is 26.0 Å². The maximum absolute atomic E-state index is 5.57. The molecular weight excluding hydrogens is 172 g/mol. The highest BCUT2D eigenvalue weighted by molar-refractivity contribution is 5.87. The topological polar surface area (TPSA) is 13.1 Å². The van der Waals surface area contributed by atoms with Crippen molar-refractivity contribution in [3.63, 3.8) is 0 Å². The Morgan fingerprint density at radius 1 is 1.07 bits per heavy atom. The van der Waals surface area contributed by atoms with E-state index in [1.165, 1.54) is 22.1 Å². The lowest BCUT2D eigenvalue weighted by atomic mass is 9.96. The van der Waals surface area contributed by atoms with Gasteiger partial charge in [-0.3, -0.25) is 0 Å². The quantitative estimate of drug-likeness (QED) is 0.654. The fraction of sp³-hybridized carbons (Fsp3) is 0.385. The third kappa shape index (κ3) is 1.24. The molecule has 0 unspecified atom stereocenters. The second-order valence-corrected chi connectivity index (χ2v) is 4.25. The van der Waals surface area contributed by atoms with Crippen molar-refractivity contribution in [1.29, 1.82) is 0 Å². The summed E-state index contributed by atoms with van der Waals surface area (Å²) >= 11 is 0. The van der Waals surface area contributed by atoms with E-state index in [0.717, 1.165) is 5.58 Å². The smallest absolute Gasteiger partial charge is 0.137 e. The molecule has 0 aliphatic carbocycles. The van der Waals surface area contributed by atoms with Crippen LogP contribution < -0.4 is 0 Å². The normalized spacial score (nSPS) is 11.5. The summed E-state index contributed by atoms with van der Waals surface area (Å²) in [5, 5.41) is 1.31. The van der Waals surface area contributed by atoms with Crippen molar-refractivity contribution in [2.24, 2.45) is 0 Å². The molecule has 0 fully saturated rings. The second-order valence-electron chi connectivity index (χ2n) is 4.25. The third-order valence-electron chi connectivity index (χ3n) is 2.76. The van der Waals surface area contributed by atoms with Gasteiger partial charge in [0.2, 0.25) is 0 Å². The lowest BCUT2D eigenvalue weighted by Gasteiger charge is -2.08. The highest BCUT2D eigenvalue weighted by Crippen LogP contribution is 2.31. The van der Waals surface area contributed by atoms with Gasteiger partial charge in [-0.25, -0.2) is 0 Å². The molecule has 0 aliphatic rings. The van der Waals surface area contributed by atoms with Gasteiger partial charge in [-0.15, -0.1) is 0 Å². The lowest BCUT2D eigenvalue weighted by Crippen LogP contribution is -1.90. The monoisotopic (exact) mass is 188 g/mol. The minimum absolute atomic E-state index is 0.550. The number of hydrogen-bond donors (Lipinski definition) is 0. The molecule has 0 saturated carbocycles. The molecule has 0 atom stereocenters. The number of fused-ring (bicyclic) bond motifs is 1. The first-order chi connectivity index (χ1) is 6.61. The van der Waals surface area contributed by atoms with Crippen LogP contribution in [-0.2, 0) is 0 Å². The van der Waals surface area contributed by atoms with E-state index >= 15 is 0 Å². The molecular formula is C13H16O. The van der Waals surface area contributed by atoms with Crippen molar-refractivity contribution in [3.05, 3.63) is 35.1 Å². The Labute approximate surface area is 84.7 Å². The van der Waals surface area contributed by atoms with E-state index in [0.29, 0.717) is 5.92 Å². The van der Waals surface area contributed by atoms with Gasteiger partial charge >= 0.3 is 0 Å². The molecule has 0 bridgehead atoms. The average molecular weight is 188 g/mol. The summed E-state index contributed by atoms with van der Waals surface area (Å²) in [6.07, 6.45) is 1.85. The van der Waals surface area contributed by atoms with Crippen molar-refractivity contribution in [2.45, 2.75) is 33.6 Å². The van der Waals surface area contributed by atoms with Crippen LogP contribution in [0.25, 0.3) is 11.0 Å². The summed E-state index contributed by atoms with van der Waals surface area (Å²) in [5.41, 5.74) is 4.90. The molecule has 1 aromatic heterocycles. The van der Waals surface area contributed by atoms with E-state index < -0.39 is 0 Å². The highest BCUT2D eigenvalue weighted by atomic mass is 16.3. The fourth-order valence-corrected chi connectivity index (χ4v) is 1.95. The number of hydrogen-bond acceptors (Lipinski definition) is 1. The van der Waals surface area contributed by atoms with Crippen LogP contribution in [0.15, 0.2) is 22.8 Å². The summed E-state index contributed by atoms with van der Waals surface area (Å²) in [6, 6.07) is 4.35. The van der Waals surface area contributed by atoms with E-state index in [-0.39, 0.29) is 0 Å². The van der Waals surface area contributed by atoms with Gasteiger partial charge in [-0.2, -0.15) is 0 Å². The van der Waals surface area contributed by atoms with Crippen LogP contribution in [0.5, 0.6) is 0 Å². The highest BCUT2D eigenvalue weighted by Gasteiger charge is 2.11. The van der Waals surface area contributed by atoms with Gasteiger partial charge in [0.1, 0.15) is 5.58 Å². The maximum Gasteiger partial charge on any atom is 0.137 e. The molecule has 1 aromatic carbocycles. The van der Waals surface area contributed by atoms with Crippen LogP contribution in [0.3, 0.4) is 0 Å². The molecule has 0 saturated heterocycles.